The van der Waals surface area contributed by atoms with Crippen molar-refractivity contribution in [2.24, 2.45) is 5.92 Å². The molecule has 18 heavy (non-hydrogen) atoms. The van der Waals surface area contributed by atoms with Crippen molar-refractivity contribution in [3.63, 3.8) is 0 Å². The summed E-state index contributed by atoms with van der Waals surface area (Å²) in [6, 6.07) is 0. The van der Waals surface area contributed by atoms with E-state index in [9.17, 15) is 4.79 Å². The van der Waals surface area contributed by atoms with Crippen LogP contribution in [-0.2, 0) is 9.53 Å². The fourth-order valence-electron chi connectivity index (χ4n) is 2.74. The molecule has 4 heteroatoms. The number of ether oxygens (including phenoxy) is 1. The molecule has 0 radical (unpaired) electrons. The molecule has 2 rings (SSSR count). The van der Waals surface area contributed by atoms with E-state index in [1.807, 2.05) is 4.90 Å². The van der Waals surface area contributed by atoms with Crippen LogP contribution in [0.25, 0.3) is 0 Å². The summed E-state index contributed by atoms with van der Waals surface area (Å²) in [5.41, 5.74) is 0. The molecule has 4 nitrogen and oxygen atoms in total. The second kappa shape index (κ2) is 6.90. The Morgan fingerprint density at radius 3 is 2.94 bits per heavy atom. The Balaban J connectivity index is 1.73. The summed E-state index contributed by atoms with van der Waals surface area (Å²) in [6.45, 7) is 4.90. The predicted molar refractivity (Wildman–Crippen MR) is 71.4 cm³/mol. The zero-order chi connectivity index (χ0) is 12.8. The van der Waals surface area contributed by atoms with Crippen LogP contribution in [0.2, 0.25) is 0 Å². The maximum atomic E-state index is 12.0. The molecule has 1 fully saturated rings. The van der Waals surface area contributed by atoms with Crippen LogP contribution < -0.4 is 0 Å². The molecule has 2 aliphatic rings. The van der Waals surface area contributed by atoms with E-state index in [4.69, 9.17) is 4.74 Å². The van der Waals surface area contributed by atoms with Gasteiger partial charge in [0.25, 0.3) is 0 Å². The normalized spacial score (nSPS) is 25.7. The molecular formula is C14H24N2O2. The summed E-state index contributed by atoms with van der Waals surface area (Å²) >= 11 is 0. The second-order valence-corrected chi connectivity index (χ2v) is 5.26. The highest BCUT2D eigenvalue weighted by molar-refractivity contribution is 5.79. The lowest BCUT2D eigenvalue weighted by molar-refractivity contribution is -0.136. The molecule has 1 aliphatic heterocycles. The van der Waals surface area contributed by atoms with Crippen molar-refractivity contribution in [1.29, 1.82) is 0 Å². The Morgan fingerprint density at radius 1 is 1.39 bits per heavy atom. The molecule has 0 N–H and O–H groups in total. The highest BCUT2D eigenvalue weighted by atomic mass is 16.5. The molecule has 1 saturated heterocycles. The van der Waals surface area contributed by atoms with Crippen molar-refractivity contribution in [2.75, 3.05) is 46.4 Å². The summed E-state index contributed by atoms with van der Waals surface area (Å²) in [6.07, 6.45) is 8.20. The third kappa shape index (κ3) is 3.82. The van der Waals surface area contributed by atoms with Crippen LogP contribution in [0.3, 0.4) is 0 Å². The smallest absolute Gasteiger partial charge is 0.236 e. The Kier molecular flexibility index (Phi) is 5.20. The van der Waals surface area contributed by atoms with Crippen molar-refractivity contribution >= 4 is 5.91 Å². The Bertz CT molecular complexity index is 304. The zero-order valence-corrected chi connectivity index (χ0v) is 11.3. The number of carbonyl (C=O) groups is 1. The Hall–Kier alpha value is -0.870. The van der Waals surface area contributed by atoms with Gasteiger partial charge in [-0.25, -0.2) is 0 Å². The molecule has 0 saturated carbocycles. The van der Waals surface area contributed by atoms with Crippen molar-refractivity contribution in [3.05, 3.63) is 12.2 Å². The first-order chi connectivity index (χ1) is 8.79. The first kappa shape index (κ1) is 13.6. The van der Waals surface area contributed by atoms with E-state index in [0.29, 0.717) is 13.2 Å². The van der Waals surface area contributed by atoms with Crippen LogP contribution >= 0.6 is 0 Å². The van der Waals surface area contributed by atoms with Gasteiger partial charge in [0.2, 0.25) is 5.91 Å². The van der Waals surface area contributed by atoms with Gasteiger partial charge in [0.15, 0.2) is 0 Å². The molecule has 1 atom stereocenters. The van der Waals surface area contributed by atoms with E-state index >= 15 is 0 Å². The van der Waals surface area contributed by atoms with Crippen molar-refractivity contribution < 1.29 is 9.53 Å². The number of allylic oxidation sites excluding steroid dienone is 2. The minimum absolute atomic E-state index is 0.254. The fraction of sp³-hybridized carbons (Fsp3) is 0.786. The minimum atomic E-state index is 0.254. The standard InChI is InChI=1S/C14H24N2O2/c1-18-10-9-16-8-7-15(12-14(16)17)11-13-5-3-2-4-6-13/h2-3,13H,4-12H2,1H3/t13-/m0/s1. The summed E-state index contributed by atoms with van der Waals surface area (Å²) < 4.78 is 5.03. The lowest BCUT2D eigenvalue weighted by Gasteiger charge is -2.36. The molecule has 0 aromatic carbocycles. The van der Waals surface area contributed by atoms with Crippen LogP contribution in [0, 0.1) is 5.92 Å². The average molecular weight is 252 g/mol. The molecule has 0 aromatic heterocycles. The summed E-state index contributed by atoms with van der Waals surface area (Å²) in [4.78, 5) is 16.2. The van der Waals surface area contributed by atoms with E-state index in [1.54, 1.807) is 7.11 Å². The number of amides is 1. The molecule has 1 amide bonds. The Labute approximate surface area is 110 Å². The third-order valence-electron chi connectivity index (χ3n) is 3.86. The van der Waals surface area contributed by atoms with Crippen LogP contribution in [0.1, 0.15) is 19.3 Å². The van der Waals surface area contributed by atoms with Crippen molar-refractivity contribution in [1.82, 2.24) is 9.80 Å². The van der Waals surface area contributed by atoms with Gasteiger partial charge < -0.3 is 9.64 Å². The maximum Gasteiger partial charge on any atom is 0.236 e. The lowest BCUT2D eigenvalue weighted by atomic mass is 9.94. The van der Waals surface area contributed by atoms with Gasteiger partial charge in [-0.05, 0) is 25.2 Å². The van der Waals surface area contributed by atoms with Crippen LogP contribution in [0.5, 0.6) is 0 Å². The SMILES string of the molecule is COCCN1CCN(C[C@H]2CC=CCC2)CC1=O. The maximum absolute atomic E-state index is 12.0. The number of methoxy groups -OCH3 is 1. The van der Waals surface area contributed by atoms with Crippen LogP contribution in [0.15, 0.2) is 12.2 Å². The van der Waals surface area contributed by atoms with E-state index in [2.05, 4.69) is 17.1 Å². The summed E-state index contributed by atoms with van der Waals surface area (Å²) in [7, 11) is 1.68. The number of piperazine rings is 1. The van der Waals surface area contributed by atoms with Gasteiger partial charge in [-0.2, -0.15) is 0 Å². The zero-order valence-electron chi connectivity index (χ0n) is 11.3. The summed E-state index contributed by atoms with van der Waals surface area (Å²) in [5.74, 6) is 0.998. The first-order valence-electron chi connectivity index (χ1n) is 6.93. The number of nitrogens with zero attached hydrogens (tertiary/aromatic N) is 2. The van der Waals surface area contributed by atoms with Gasteiger partial charge in [-0.1, -0.05) is 12.2 Å². The second-order valence-electron chi connectivity index (χ2n) is 5.26. The van der Waals surface area contributed by atoms with Crippen LogP contribution in [0.4, 0.5) is 0 Å². The van der Waals surface area contributed by atoms with Gasteiger partial charge >= 0.3 is 0 Å². The highest BCUT2D eigenvalue weighted by Gasteiger charge is 2.25. The van der Waals surface area contributed by atoms with Gasteiger partial charge in [0.1, 0.15) is 0 Å². The highest BCUT2D eigenvalue weighted by Crippen LogP contribution is 2.20. The van der Waals surface area contributed by atoms with E-state index in [1.165, 1.54) is 19.3 Å². The average Bonchev–Trinajstić information content (AvgIpc) is 2.39. The third-order valence-corrected chi connectivity index (χ3v) is 3.86. The van der Waals surface area contributed by atoms with Gasteiger partial charge in [-0.15, -0.1) is 0 Å². The Morgan fingerprint density at radius 2 is 2.28 bits per heavy atom. The monoisotopic (exact) mass is 252 g/mol. The molecule has 1 aliphatic carbocycles. The fourth-order valence-corrected chi connectivity index (χ4v) is 2.74. The largest absolute Gasteiger partial charge is 0.383 e. The van der Waals surface area contributed by atoms with Crippen LogP contribution in [-0.4, -0.2) is 62.1 Å². The van der Waals surface area contributed by atoms with E-state index < -0.39 is 0 Å². The number of rotatable bonds is 5. The van der Waals surface area contributed by atoms with Gasteiger partial charge in [-0.3, -0.25) is 9.69 Å². The predicted octanol–water partition coefficient (Wildman–Crippen LogP) is 1.13. The molecule has 0 unspecified atom stereocenters. The first-order valence-corrected chi connectivity index (χ1v) is 6.93. The minimum Gasteiger partial charge on any atom is -0.383 e. The van der Waals surface area contributed by atoms with E-state index in [-0.39, 0.29) is 5.91 Å². The van der Waals surface area contributed by atoms with E-state index in [0.717, 1.165) is 32.1 Å². The molecular weight excluding hydrogens is 228 g/mol. The number of hydrogen-bond donors (Lipinski definition) is 0. The number of hydrogen-bond acceptors (Lipinski definition) is 3. The molecule has 1 heterocycles. The van der Waals surface area contributed by atoms with Gasteiger partial charge in [0, 0.05) is 33.3 Å². The quantitative estimate of drug-likeness (QED) is 0.688. The van der Waals surface area contributed by atoms with Crippen molar-refractivity contribution in [3.8, 4) is 0 Å². The number of carbonyl (C=O) groups excluding carboxylic acids is 1. The molecule has 0 bridgehead atoms. The van der Waals surface area contributed by atoms with Gasteiger partial charge in [0.05, 0.1) is 13.2 Å². The molecule has 0 aromatic rings. The topological polar surface area (TPSA) is 32.8 Å². The summed E-state index contributed by atoms with van der Waals surface area (Å²) in [5, 5.41) is 0. The molecule has 102 valence electrons. The van der Waals surface area contributed by atoms with Crippen molar-refractivity contribution in [2.45, 2.75) is 19.3 Å². The lowest BCUT2D eigenvalue weighted by Crippen LogP contribution is -2.52. The molecule has 0 spiro atoms.